The van der Waals surface area contributed by atoms with E-state index in [2.05, 4.69) is 13.8 Å². The Morgan fingerprint density at radius 3 is 2.27 bits per heavy atom. The van der Waals surface area contributed by atoms with Crippen molar-refractivity contribution in [3.8, 4) is 0 Å². The maximum Gasteiger partial charge on any atom is 0.303 e. The third kappa shape index (κ3) is 13.0. The summed E-state index contributed by atoms with van der Waals surface area (Å²) in [6.45, 7) is 4.31. The molecular formula is C8H16CoO2. The van der Waals surface area contributed by atoms with E-state index in [1.54, 1.807) is 0 Å². The Hall–Kier alpha value is -0.0235. The fourth-order valence-electron chi connectivity index (χ4n) is 0.829. The molecule has 0 bridgehead atoms. The molecule has 0 atom stereocenters. The van der Waals surface area contributed by atoms with Crippen LogP contribution in [0.4, 0.5) is 0 Å². The summed E-state index contributed by atoms with van der Waals surface area (Å²) in [7, 11) is 0. The Morgan fingerprint density at radius 2 is 1.91 bits per heavy atom. The molecule has 0 aliphatic heterocycles. The van der Waals surface area contributed by atoms with Crippen molar-refractivity contribution in [3.05, 3.63) is 0 Å². The van der Waals surface area contributed by atoms with Gasteiger partial charge in [-0.25, -0.2) is 0 Å². The normalized spacial score (nSPS) is 9.36. The minimum Gasteiger partial charge on any atom is -0.481 e. The molecule has 69 valence electrons. The minimum atomic E-state index is -0.677. The van der Waals surface area contributed by atoms with Gasteiger partial charge >= 0.3 is 5.97 Å². The Labute approximate surface area is 78.6 Å². The predicted molar refractivity (Wildman–Crippen MR) is 40.9 cm³/mol. The number of carboxylic acid groups (broad SMARTS) is 1. The van der Waals surface area contributed by atoms with Gasteiger partial charge in [0.15, 0.2) is 0 Å². The van der Waals surface area contributed by atoms with Gasteiger partial charge in [0.05, 0.1) is 0 Å². The Balaban J connectivity index is 0. The van der Waals surface area contributed by atoms with E-state index in [0.29, 0.717) is 12.3 Å². The summed E-state index contributed by atoms with van der Waals surface area (Å²) < 4.78 is 0. The third-order valence-corrected chi connectivity index (χ3v) is 1.42. The first-order valence-corrected chi connectivity index (χ1v) is 3.84. The van der Waals surface area contributed by atoms with Crippen LogP contribution in [-0.4, -0.2) is 11.1 Å². The molecule has 3 heteroatoms. The molecule has 0 spiro atoms. The Morgan fingerprint density at radius 1 is 1.36 bits per heavy atom. The zero-order valence-corrected chi connectivity index (χ0v) is 8.14. The molecule has 0 aromatic heterocycles. The van der Waals surface area contributed by atoms with Gasteiger partial charge < -0.3 is 5.11 Å². The minimum absolute atomic E-state index is 0. The fraction of sp³-hybridized carbons (Fsp3) is 0.875. The molecule has 0 aliphatic carbocycles. The van der Waals surface area contributed by atoms with Crippen molar-refractivity contribution < 1.29 is 26.7 Å². The summed E-state index contributed by atoms with van der Waals surface area (Å²) in [6, 6.07) is 0. The summed E-state index contributed by atoms with van der Waals surface area (Å²) in [5, 5.41) is 8.28. The van der Waals surface area contributed by atoms with E-state index in [-0.39, 0.29) is 16.8 Å². The van der Waals surface area contributed by atoms with Crippen molar-refractivity contribution in [2.24, 2.45) is 5.92 Å². The fourth-order valence-corrected chi connectivity index (χ4v) is 0.829. The first-order chi connectivity index (χ1) is 4.63. The number of hydrogen-bond donors (Lipinski definition) is 1. The summed E-state index contributed by atoms with van der Waals surface area (Å²) in [5.41, 5.74) is 0. The SMILES string of the molecule is CC(C)CCCCC(=O)O.[Co]. The van der Waals surface area contributed by atoms with E-state index >= 15 is 0 Å². The molecule has 0 rings (SSSR count). The van der Waals surface area contributed by atoms with Crippen LogP contribution in [0.1, 0.15) is 39.5 Å². The van der Waals surface area contributed by atoms with Crippen LogP contribution in [0, 0.1) is 5.92 Å². The first kappa shape index (κ1) is 13.6. The maximum atomic E-state index is 10.0. The topological polar surface area (TPSA) is 37.3 Å². The standard InChI is InChI=1S/C8H16O2.Co/c1-7(2)5-3-4-6-8(9)10;/h7H,3-6H2,1-2H3,(H,9,10);. The van der Waals surface area contributed by atoms with Gasteiger partial charge in [-0.1, -0.05) is 26.7 Å². The van der Waals surface area contributed by atoms with Crippen LogP contribution < -0.4 is 0 Å². The summed E-state index contributed by atoms with van der Waals surface area (Å²) in [5.74, 6) is 0.0255. The molecule has 0 aromatic rings. The summed E-state index contributed by atoms with van der Waals surface area (Å²) in [6.07, 6.45) is 3.34. The van der Waals surface area contributed by atoms with Gasteiger partial charge in [-0.2, -0.15) is 0 Å². The molecule has 0 fully saturated rings. The van der Waals surface area contributed by atoms with Crippen molar-refractivity contribution in [2.45, 2.75) is 39.5 Å². The van der Waals surface area contributed by atoms with E-state index in [9.17, 15) is 4.79 Å². The van der Waals surface area contributed by atoms with Crippen molar-refractivity contribution >= 4 is 5.97 Å². The molecular weight excluding hydrogens is 187 g/mol. The molecule has 11 heavy (non-hydrogen) atoms. The van der Waals surface area contributed by atoms with Gasteiger partial charge in [-0.05, 0) is 12.3 Å². The molecule has 0 unspecified atom stereocenters. The van der Waals surface area contributed by atoms with Crippen molar-refractivity contribution in [2.75, 3.05) is 0 Å². The Kier molecular flexibility index (Phi) is 9.96. The van der Waals surface area contributed by atoms with E-state index in [0.717, 1.165) is 19.3 Å². The number of unbranched alkanes of at least 4 members (excludes halogenated alkanes) is 1. The van der Waals surface area contributed by atoms with Crippen LogP contribution in [0.3, 0.4) is 0 Å². The van der Waals surface area contributed by atoms with Crippen molar-refractivity contribution in [1.29, 1.82) is 0 Å². The van der Waals surface area contributed by atoms with Gasteiger partial charge in [0.2, 0.25) is 0 Å². The van der Waals surface area contributed by atoms with Gasteiger partial charge in [-0.3, -0.25) is 4.79 Å². The zero-order chi connectivity index (χ0) is 7.98. The van der Waals surface area contributed by atoms with Gasteiger partial charge in [-0.15, -0.1) is 0 Å². The largest absolute Gasteiger partial charge is 0.481 e. The van der Waals surface area contributed by atoms with Crippen LogP contribution >= 0.6 is 0 Å². The van der Waals surface area contributed by atoms with E-state index in [4.69, 9.17) is 5.11 Å². The van der Waals surface area contributed by atoms with Crippen LogP contribution in [0.15, 0.2) is 0 Å². The van der Waals surface area contributed by atoms with Crippen LogP contribution in [0.5, 0.6) is 0 Å². The quantitative estimate of drug-likeness (QED) is 0.696. The smallest absolute Gasteiger partial charge is 0.303 e. The zero-order valence-electron chi connectivity index (χ0n) is 7.09. The second-order valence-electron chi connectivity index (χ2n) is 3.03. The predicted octanol–water partition coefficient (Wildman–Crippen LogP) is 2.28. The average Bonchev–Trinajstić information content (AvgIpc) is 1.79. The van der Waals surface area contributed by atoms with Gasteiger partial charge in [0.1, 0.15) is 0 Å². The number of carboxylic acids is 1. The number of hydrogen-bond acceptors (Lipinski definition) is 1. The molecule has 1 N–H and O–H groups in total. The van der Waals surface area contributed by atoms with Gasteiger partial charge in [0.25, 0.3) is 0 Å². The van der Waals surface area contributed by atoms with Gasteiger partial charge in [0, 0.05) is 23.2 Å². The molecule has 0 aromatic carbocycles. The number of aliphatic carboxylic acids is 1. The monoisotopic (exact) mass is 203 g/mol. The van der Waals surface area contributed by atoms with E-state index < -0.39 is 5.97 Å². The molecule has 0 saturated carbocycles. The molecule has 1 radical (unpaired) electrons. The Bertz CT molecular complexity index is 102. The van der Waals surface area contributed by atoms with Crippen LogP contribution in [0.25, 0.3) is 0 Å². The molecule has 0 amide bonds. The average molecular weight is 203 g/mol. The second-order valence-corrected chi connectivity index (χ2v) is 3.03. The third-order valence-electron chi connectivity index (χ3n) is 1.42. The van der Waals surface area contributed by atoms with Crippen molar-refractivity contribution in [1.82, 2.24) is 0 Å². The number of rotatable bonds is 5. The maximum absolute atomic E-state index is 10.0. The molecule has 0 saturated heterocycles. The summed E-state index contributed by atoms with van der Waals surface area (Å²) in [4.78, 5) is 10.0. The first-order valence-electron chi connectivity index (χ1n) is 3.84. The van der Waals surface area contributed by atoms with Crippen molar-refractivity contribution in [3.63, 3.8) is 0 Å². The van der Waals surface area contributed by atoms with Crippen LogP contribution in [-0.2, 0) is 21.6 Å². The summed E-state index contributed by atoms with van der Waals surface area (Å²) >= 11 is 0. The van der Waals surface area contributed by atoms with E-state index in [1.165, 1.54) is 0 Å². The molecule has 0 aliphatic rings. The second kappa shape index (κ2) is 8.08. The number of carbonyl (C=O) groups is 1. The van der Waals surface area contributed by atoms with E-state index in [1.807, 2.05) is 0 Å². The molecule has 0 heterocycles. The van der Waals surface area contributed by atoms with Crippen LogP contribution in [0.2, 0.25) is 0 Å². The molecule has 2 nitrogen and oxygen atoms in total.